The lowest BCUT2D eigenvalue weighted by atomic mass is 10.2. The fourth-order valence-electron chi connectivity index (χ4n) is 3.75. The molecule has 3 aromatic rings. The van der Waals surface area contributed by atoms with Gasteiger partial charge in [0.15, 0.2) is 11.5 Å². The van der Waals surface area contributed by atoms with Crippen LogP contribution < -0.4 is 26.0 Å². The third-order valence-corrected chi connectivity index (χ3v) is 6.50. The molecule has 1 amide bonds. The average Bonchev–Trinajstić information content (AvgIpc) is 3.53. The fourth-order valence-corrected chi connectivity index (χ4v) is 4.61. The van der Waals surface area contributed by atoms with E-state index in [9.17, 15) is 14.4 Å². The average molecular weight is 487 g/mol. The molecule has 10 nitrogen and oxygen atoms in total. The van der Waals surface area contributed by atoms with E-state index < -0.39 is 17.2 Å². The summed E-state index contributed by atoms with van der Waals surface area (Å²) in [5.41, 5.74) is 0.426. The van der Waals surface area contributed by atoms with Crippen LogP contribution in [0.5, 0.6) is 11.5 Å². The minimum Gasteiger partial charge on any atom is -0.493 e. The smallest absolute Gasteiger partial charge is 0.328 e. The summed E-state index contributed by atoms with van der Waals surface area (Å²) in [5.74, 6) is 0.718. The maximum absolute atomic E-state index is 12.7. The zero-order chi connectivity index (χ0) is 24.1. The minimum absolute atomic E-state index is 0.109. The summed E-state index contributed by atoms with van der Waals surface area (Å²) in [7, 11) is 3.16. The molecule has 0 spiro atoms. The van der Waals surface area contributed by atoms with Crippen molar-refractivity contribution in [2.24, 2.45) is 0 Å². The van der Waals surface area contributed by atoms with Crippen molar-refractivity contribution in [2.45, 2.75) is 31.9 Å². The number of hydrogen-bond donors (Lipinski definition) is 2. The van der Waals surface area contributed by atoms with Gasteiger partial charge in [0.05, 0.1) is 32.6 Å². The highest BCUT2D eigenvalue weighted by atomic mass is 32.1. The number of carbonyl (C=O) groups excluding carboxylic acids is 1. The Morgan fingerprint density at radius 2 is 2.12 bits per heavy atom. The van der Waals surface area contributed by atoms with Crippen molar-refractivity contribution in [1.29, 1.82) is 0 Å². The molecule has 0 saturated carbocycles. The van der Waals surface area contributed by atoms with Gasteiger partial charge >= 0.3 is 5.69 Å². The number of hydrogen-bond acceptors (Lipinski definition) is 8. The van der Waals surface area contributed by atoms with Gasteiger partial charge in [-0.1, -0.05) is 0 Å². The number of thiazole rings is 1. The molecule has 1 aliphatic rings. The third-order valence-electron chi connectivity index (χ3n) is 5.56. The highest BCUT2D eigenvalue weighted by Crippen LogP contribution is 2.33. The molecule has 1 aliphatic heterocycles. The maximum Gasteiger partial charge on any atom is 0.328 e. The molecule has 1 aromatic carbocycles. The summed E-state index contributed by atoms with van der Waals surface area (Å²) >= 11 is 1.49. The topological polar surface area (TPSA) is 125 Å². The number of aromatic nitrogens is 3. The van der Waals surface area contributed by atoms with Crippen LogP contribution in [-0.2, 0) is 17.7 Å². The Morgan fingerprint density at radius 3 is 2.85 bits per heavy atom. The van der Waals surface area contributed by atoms with Gasteiger partial charge in [-0.3, -0.25) is 14.2 Å². The van der Waals surface area contributed by atoms with Crippen molar-refractivity contribution in [3.05, 3.63) is 61.9 Å². The summed E-state index contributed by atoms with van der Waals surface area (Å²) in [6.45, 7) is 1.03. The van der Waals surface area contributed by atoms with Crippen molar-refractivity contribution in [3.8, 4) is 22.1 Å². The normalized spacial score (nSPS) is 15.3. The van der Waals surface area contributed by atoms with Crippen molar-refractivity contribution in [3.63, 3.8) is 0 Å². The Kier molecular flexibility index (Phi) is 7.43. The van der Waals surface area contributed by atoms with Gasteiger partial charge in [-0.25, -0.2) is 9.78 Å². The first kappa shape index (κ1) is 23.7. The number of ether oxygens (including phenoxy) is 3. The number of nitrogens with one attached hydrogen (secondary N) is 2. The third kappa shape index (κ3) is 5.20. The predicted octanol–water partition coefficient (Wildman–Crippen LogP) is 1.83. The SMILES string of the molecule is COc1ccc(-c2nc(CCNC(=O)c3c[nH]c(=O)n(CC4CCCO4)c3=O)cs2)cc1OC. The first-order chi connectivity index (χ1) is 16.5. The molecule has 0 radical (unpaired) electrons. The molecule has 0 aliphatic carbocycles. The maximum atomic E-state index is 12.7. The number of rotatable bonds is 9. The second-order valence-electron chi connectivity index (χ2n) is 7.78. The Balaban J connectivity index is 1.38. The molecule has 0 bridgehead atoms. The van der Waals surface area contributed by atoms with Crippen molar-refractivity contribution in [1.82, 2.24) is 19.9 Å². The molecular formula is C23H26N4O6S. The summed E-state index contributed by atoms with van der Waals surface area (Å²) in [6.07, 6.45) is 3.12. The molecule has 1 unspecified atom stereocenters. The molecule has 3 heterocycles. The standard InChI is InChI=1S/C23H26N4O6S/c1-31-18-6-5-14(10-19(18)32-2)21-26-15(13-34-21)7-8-24-20(28)17-11-25-23(30)27(22(17)29)12-16-4-3-9-33-16/h5-6,10-11,13,16H,3-4,7-9,12H2,1-2H3,(H,24,28)(H,25,30). The first-order valence-corrected chi connectivity index (χ1v) is 11.8. The van der Waals surface area contributed by atoms with E-state index in [2.05, 4.69) is 15.3 Å². The Labute approximate surface area is 199 Å². The molecule has 11 heteroatoms. The van der Waals surface area contributed by atoms with Crippen molar-refractivity contribution < 1.29 is 19.0 Å². The summed E-state index contributed by atoms with van der Waals surface area (Å²) in [5, 5.41) is 5.48. The number of benzene rings is 1. The molecule has 34 heavy (non-hydrogen) atoms. The molecule has 2 aromatic heterocycles. The summed E-state index contributed by atoms with van der Waals surface area (Å²) < 4.78 is 17.2. The van der Waals surface area contributed by atoms with Gasteiger partial charge in [0, 0.05) is 36.7 Å². The molecule has 1 atom stereocenters. The molecule has 4 rings (SSSR count). The highest BCUT2D eigenvalue weighted by Gasteiger charge is 2.20. The zero-order valence-electron chi connectivity index (χ0n) is 19.0. The van der Waals surface area contributed by atoms with Crippen LogP contribution in [0.25, 0.3) is 10.6 Å². The lowest BCUT2D eigenvalue weighted by Crippen LogP contribution is -2.42. The number of aromatic amines is 1. The molecular weight excluding hydrogens is 460 g/mol. The Morgan fingerprint density at radius 1 is 1.29 bits per heavy atom. The largest absolute Gasteiger partial charge is 0.493 e. The van der Waals surface area contributed by atoms with Crippen LogP contribution >= 0.6 is 11.3 Å². The lowest BCUT2D eigenvalue weighted by molar-refractivity contribution is 0.0923. The van der Waals surface area contributed by atoms with E-state index in [1.165, 1.54) is 11.3 Å². The Hall–Kier alpha value is -3.44. The second-order valence-corrected chi connectivity index (χ2v) is 8.64. The number of carbonyl (C=O) groups is 1. The van der Waals surface area contributed by atoms with E-state index in [4.69, 9.17) is 14.2 Å². The summed E-state index contributed by atoms with van der Waals surface area (Å²) in [6, 6.07) is 5.59. The number of methoxy groups -OCH3 is 2. The van der Waals surface area contributed by atoms with Gasteiger partial charge in [-0.2, -0.15) is 0 Å². The van der Waals surface area contributed by atoms with Crippen molar-refractivity contribution >= 4 is 17.2 Å². The van der Waals surface area contributed by atoms with Crippen LogP contribution in [0.15, 0.2) is 39.4 Å². The van der Waals surface area contributed by atoms with Gasteiger partial charge < -0.3 is 24.5 Å². The van der Waals surface area contributed by atoms with Crippen LogP contribution in [0.4, 0.5) is 0 Å². The molecule has 2 N–H and O–H groups in total. The van der Waals surface area contributed by atoms with Crippen LogP contribution in [0.2, 0.25) is 0 Å². The molecule has 1 saturated heterocycles. The Bertz CT molecular complexity index is 1270. The van der Waals surface area contributed by atoms with Gasteiger partial charge in [0.1, 0.15) is 10.6 Å². The van der Waals surface area contributed by atoms with Gasteiger partial charge in [0.2, 0.25) is 0 Å². The van der Waals surface area contributed by atoms with E-state index in [0.717, 1.165) is 39.9 Å². The van der Waals surface area contributed by atoms with E-state index >= 15 is 0 Å². The van der Waals surface area contributed by atoms with Gasteiger partial charge in [-0.05, 0) is 31.0 Å². The number of nitrogens with zero attached hydrogens (tertiary/aromatic N) is 2. The lowest BCUT2D eigenvalue weighted by Gasteiger charge is -2.11. The molecule has 1 fully saturated rings. The monoisotopic (exact) mass is 486 g/mol. The van der Waals surface area contributed by atoms with Crippen molar-refractivity contribution in [2.75, 3.05) is 27.4 Å². The van der Waals surface area contributed by atoms with Crippen LogP contribution in [0.1, 0.15) is 28.9 Å². The van der Waals surface area contributed by atoms with E-state index in [-0.39, 0.29) is 24.8 Å². The summed E-state index contributed by atoms with van der Waals surface area (Å²) in [4.78, 5) is 44.5. The van der Waals surface area contributed by atoms with Gasteiger partial charge in [-0.15, -0.1) is 11.3 Å². The van der Waals surface area contributed by atoms with Crippen LogP contribution in [0.3, 0.4) is 0 Å². The predicted molar refractivity (Wildman–Crippen MR) is 127 cm³/mol. The molecule has 180 valence electrons. The van der Waals surface area contributed by atoms with E-state index in [1.807, 2.05) is 23.6 Å². The number of amides is 1. The highest BCUT2D eigenvalue weighted by molar-refractivity contribution is 7.13. The quantitative estimate of drug-likeness (QED) is 0.473. The zero-order valence-corrected chi connectivity index (χ0v) is 19.8. The van der Waals surface area contributed by atoms with Crippen LogP contribution in [-0.4, -0.2) is 53.9 Å². The van der Waals surface area contributed by atoms with E-state index in [1.54, 1.807) is 14.2 Å². The van der Waals surface area contributed by atoms with E-state index in [0.29, 0.717) is 24.5 Å². The number of H-pyrrole nitrogens is 1. The van der Waals surface area contributed by atoms with Gasteiger partial charge in [0.25, 0.3) is 11.5 Å². The first-order valence-electron chi connectivity index (χ1n) is 10.9. The minimum atomic E-state index is -0.624. The second kappa shape index (κ2) is 10.7. The fraction of sp³-hybridized carbons (Fsp3) is 0.391. The van der Waals surface area contributed by atoms with Crippen LogP contribution in [0, 0.1) is 0 Å².